The molecular weight excluding hydrogens is 218 g/mol. The molecule has 0 atom stereocenters. The van der Waals surface area contributed by atoms with Crippen molar-refractivity contribution in [1.82, 2.24) is 15.1 Å². The molecule has 1 heterocycles. The normalized spacial score (nSPS) is 17.9. The van der Waals surface area contributed by atoms with E-state index in [9.17, 15) is 0 Å². The zero-order chi connectivity index (χ0) is 12.0. The molecule has 1 rings (SSSR count). The first kappa shape index (κ1) is 13.7. The van der Waals surface area contributed by atoms with Crippen molar-refractivity contribution in [3.63, 3.8) is 0 Å². The molecule has 1 saturated heterocycles. The Hall–Kier alpha value is -0.350. The van der Waals surface area contributed by atoms with Gasteiger partial charge in [-0.05, 0) is 45.6 Å². The Bertz CT molecular complexity index is 210. The highest BCUT2D eigenvalue weighted by Gasteiger charge is 2.21. The number of thiocarbonyl (C=S) groups is 1. The molecule has 0 aromatic rings. The first-order valence-electron chi connectivity index (χ1n) is 6.34. The maximum Gasteiger partial charge on any atom is 0.168 e. The van der Waals surface area contributed by atoms with Crippen LogP contribution in [0.5, 0.6) is 0 Å². The van der Waals surface area contributed by atoms with Crippen molar-refractivity contribution in [1.29, 1.82) is 0 Å². The molecule has 16 heavy (non-hydrogen) atoms. The fourth-order valence-electron chi connectivity index (χ4n) is 2.07. The number of likely N-dealkylation sites (tertiary alicyclic amines) is 1. The molecular formula is C12H25N3S. The second-order valence-corrected chi connectivity index (χ2v) is 5.15. The standard InChI is InChI=1S/C12H25N3S/c1-4-5-8-13-12(16)15-9-6-11(7-10-15)14(2)3/h11H,4-10H2,1-3H3,(H,13,16). The Labute approximate surface area is 105 Å². The number of unbranched alkanes of at least 4 members (excludes halogenated alkanes) is 1. The minimum atomic E-state index is 0.731. The summed E-state index contributed by atoms with van der Waals surface area (Å²) in [5, 5.41) is 4.29. The molecule has 0 aromatic carbocycles. The molecule has 1 aliphatic rings. The summed E-state index contributed by atoms with van der Waals surface area (Å²) in [5.74, 6) is 0. The molecule has 0 spiro atoms. The lowest BCUT2D eigenvalue weighted by molar-refractivity contribution is 0.190. The predicted octanol–water partition coefficient (Wildman–Crippen LogP) is 1.69. The summed E-state index contributed by atoms with van der Waals surface area (Å²) in [5.41, 5.74) is 0. The molecule has 0 bridgehead atoms. The number of piperidine rings is 1. The number of rotatable bonds is 4. The first-order valence-corrected chi connectivity index (χ1v) is 6.75. The van der Waals surface area contributed by atoms with Crippen LogP contribution in [0.3, 0.4) is 0 Å². The second kappa shape index (κ2) is 7.07. The van der Waals surface area contributed by atoms with Gasteiger partial charge in [-0.15, -0.1) is 0 Å². The molecule has 0 saturated carbocycles. The van der Waals surface area contributed by atoms with Gasteiger partial charge < -0.3 is 15.1 Å². The van der Waals surface area contributed by atoms with Gasteiger partial charge in [-0.3, -0.25) is 0 Å². The van der Waals surface area contributed by atoms with Gasteiger partial charge in [0.15, 0.2) is 5.11 Å². The molecule has 1 aliphatic heterocycles. The van der Waals surface area contributed by atoms with E-state index in [-0.39, 0.29) is 0 Å². The highest BCUT2D eigenvalue weighted by atomic mass is 32.1. The summed E-state index contributed by atoms with van der Waals surface area (Å²) in [6.45, 7) is 5.41. The number of nitrogens with zero attached hydrogens (tertiary/aromatic N) is 2. The van der Waals surface area contributed by atoms with E-state index in [0.717, 1.165) is 30.8 Å². The van der Waals surface area contributed by atoms with E-state index in [1.165, 1.54) is 25.7 Å². The zero-order valence-electron chi connectivity index (χ0n) is 10.8. The lowest BCUT2D eigenvalue weighted by Gasteiger charge is -2.36. The van der Waals surface area contributed by atoms with Crippen LogP contribution < -0.4 is 5.32 Å². The third-order valence-electron chi connectivity index (χ3n) is 3.29. The average Bonchev–Trinajstić information content (AvgIpc) is 2.29. The van der Waals surface area contributed by atoms with Crippen molar-refractivity contribution in [3.05, 3.63) is 0 Å². The number of nitrogens with one attached hydrogen (secondary N) is 1. The Morgan fingerprint density at radius 3 is 2.50 bits per heavy atom. The van der Waals surface area contributed by atoms with E-state index in [4.69, 9.17) is 12.2 Å². The summed E-state index contributed by atoms with van der Waals surface area (Å²) in [6.07, 6.45) is 4.87. The molecule has 0 unspecified atom stereocenters. The molecule has 1 fully saturated rings. The van der Waals surface area contributed by atoms with Crippen molar-refractivity contribution in [2.24, 2.45) is 0 Å². The summed E-state index contributed by atoms with van der Waals surface area (Å²) < 4.78 is 0. The topological polar surface area (TPSA) is 18.5 Å². The SMILES string of the molecule is CCCCNC(=S)N1CCC(N(C)C)CC1. The molecule has 0 radical (unpaired) electrons. The molecule has 0 amide bonds. The first-order chi connectivity index (χ1) is 7.65. The number of hydrogen-bond donors (Lipinski definition) is 1. The predicted molar refractivity (Wildman–Crippen MR) is 73.8 cm³/mol. The van der Waals surface area contributed by atoms with Gasteiger partial charge in [-0.2, -0.15) is 0 Å². The van der Waals surface area contributed by atoms with Crippen LogP contribution in [0.2, 0.25) is 0 Å². The molecule has 4 heteroatoms. The fraction of sp³-hybridized carbons (Fsp3) is 0.917. The lowest BCUT2D eigenvalue weighted by atomic mass is 10.0. The van der Waals surface area contributed by atoms with Gasteiger partial charge in [0.05, 0.1) is 0 Å². The molecule has 94 valence electrons. The van der Waals surface area contributed by atoms with Crippen LogP contribution in [-0.2, 0) is 0 Å². The van der Waals surface area contributed by atoms with Crippen LogP contribution in [0.4, 0.5) is 0 Å². The Morgan fingerprint density at radius 1 is 1.38 bits per heavy atom. The molecule has 0 aromatic heterocycles. The van der Waals surface area contributed by atoms with Crippen LogP contribution in [0.1, 0.15) is 32.6 Å². The monoisotopic (exact) mass is 243 g/mol. The highest BCUT2D eigenvalue weighted by molar-refractivity contribution is 7.80. The number of hydrogen-bond acceptors (Lipinski definition) is 2. The molecule has 0 aliphatic carbocycles. The van der Waals surface area contributed by atoms with Crippen molar-refractivity contribution in [3.8, 4) is 0 Å². The van der Waals surface area contributed by atoms with Crippen LogP contribution >= 0.6 is 12.2 Å². The Balaban J connectivity index is 2.22. The van der Waals surface area contributed by atoms with E-state index >= 15 is 0 Å². The Kier molecular flexibility index (Phi) is 6.06. The van der Waals surface area contributed by atoms with Crippen LogP contribution in [0.25, 0.3) is 0 Å². The summed E-state index contributed by atoms with van der Waals surface area (Å²) >= 11 is 5.39. The molecule has 1 N–H and O–H groups in total. The zero-order valence-corrected chi connectivity index (χ0v) is 11.6. The second-order valence-electron chi connectivity index (χ2n) is 4.77. The van der Waals surface area contributed by atoms with Crippen LogP contribution in [0, 0.1) is 0 Å². The summed E-state index contributed by atoms with van der Waals surface area (Å²) in [7, 11) is 4.33. The van der Waals surface area contributed by atoms with Crippen molar-refractivity contribution >= 4 is 17.3 Å². The van der Waals surface area contributed by atoms with Gasteiger partial charge in [0.2, 0.25) is 0 Å². The third kappa shape index (κ3) is 4.26. The minimum Gasteiger partial charge on any atom is -0.363 e. The largest absolute Gasteiger partial charge is 0.363 e. The van der Waals surface area contributed by atoms with Crippen molar-refractivity contribution in [2.45, 2.75) is 38.6 Å². The lowest BCUT2D eigenvalue weighted by Crippen LogP contribution is -2.48. The average molecular weight is 243 g/mol. The van der Waals surface area contributed by atoms with Gasteiger partial charge in [-0.1, -0.05) is 13.3 Å². The van der Waals surface area contributed by atoms with E-state index < -0.39 is 0 Å². The van der Waals surface area contributed by atoms with Crippen molar-refractivity contribution < 1.29 is 0 Å². The van der Waals surface area contributed by atoms with E-state index in [1.54, 1.807) is 0 Å². The van der Waals surface area contributed by atoms with Gasteiger partial charge >= 0.3 is 0 Å². The molecule has 3 nitrogen and oxygen atoms in total. The maximum atomic E-state index is 5.39. The van der Waals surface area contributed by atoms with E-state index in [0.29, 0.717) is 0 Å². The third-order valence-corrected chi connectivity index (χ3v) is 3.69. The van der Waals surface area contributed by atoms with Crippen LogP contribution in [0.15, 0.2) is 0 Å². The van der Waals surface area contributed by atoms with E-state index in [2.05, 4.69) is 36.1 Å². The highest BCUT2D eigenvalue weighted by Crippen LogP contribution is 2.14. The fourth-order valence-corrected chi connectivity index (χ4v) is 2.35. The van der Waals surface area contributed by atoms with Gasteiger partial charge in [0, 0.05) is 25.7 Å². The van der Waals surface area contributed by atoms with Gasteiger partial charge in [0.1, 0.15) is 0 Å². The minimum absolute atomic E-state index is 0.731. The summed E-state index contributed by atoms with van der Waals surface area (Å²) in [6, 6.07) is 0.731. The van der Waals surface area contributed by atoms with Gasteiger partial charge in [0.25, 0.3) is 0 Å². The Morgan fingerprint density at radius 2 is 2.00 bits per heavy atom. The van der Waals surface area contributed by atoms with Gasteiger partial charge in [-0.25, -0.2) is 0 Å². The van der Waals surface area contributed by atoms with E-state index in [1.807, 2.05) is 0 Å². The quantitative estimate of drug-likeness (QED) is 0.598. The van der Waals surface area contributed by atoms with Crippen LogP contribution in [-0.4, -0.2) is 54.7 Å². The van der Waals surface area contributed by atoms with Crippen molar-refractivity contribution in [2.75, 3.05) is 33.7 Å². The maximum absolute atomic E-state index is 5.39. The smallest absolute Gasteiger partial charge is 0.168 e. The summed E-state index contributed by atoms with van der Waals surface area (Å²) in [4.78, 5) is 4.63.